The van der Waals surface area contributed by atoms with Gasteiger partial charge in [-0.3, -0.25) is 9.59 Å². The average molecular weight is 541 g/mol. The molecule has 2 unspecified atom stereocenters. The number of carbonyl (C=O) groups excluding carboxylic acids is 2. The van der Waals surface area contributed by atoms with E-state index in [1.807, 2.05) is 25.1 Å². The maximum atomic E-state index is 14.9. The zero-order valence-electron chi connectivity index (χ0n) is 21.7. The number of fused-ring (bicyclic) bond motifs is 2. The Kier molecular flexibility index (Phi) is 6.47. The Hall–Kier alpha value is -5.06. The molecule has 0 aliphatic carbocycles. The number of aromatic nitrogens is 3. The molecule has 11 heteroatoms. The van der Waals surface area contributed by atoms with Gasteiger partial charge in [-0.15, -0.1) is 0 Å². The summed E-state index contributed by atoms with van der Waals surface area (Å²) in [5.41, 5.74) is 2.50. The highest BCUT2D eigenvalue weighted by atomic mass is 19.1. The van der Waals surface area contributed by atoms with Crippen LogP contribution < -0.4 is 20.1 Å². The summed E-state index contributed by atoms with van der Waals surface area (Å²) in [5.74, 6) is -1.28. The molecule has 0 fully saturated rings. The standard InChI is InChI=1S/C29H25FN6O4/c1-16-12-14-36-29(40-16)22(24(35-36)18-11-13-31-21(15-18)39-2)27(37)34-26-28(38)33-25-19(9-6-10-20(25)30)23(32-26)17-7-4-3-5-8-17/h3-11,13,15-16,26H,12,14H2,1-2H3,(H,33,38)(H,34,37). The van der Waals surface area contributed by atoms with E-state index in [1.165, 1.54) is 13.2 Å². The van der Waals surface area contributed by atoms with Crippen LogP contribution in [0.1, 0.15) is 34.8 Å². The van der Waals surface area contributed by atoms with Crippen molar-refractivity contribution in [2.75, 3.05) is 12.4 Å². The molecule has 10 nitrogen and oxygen atoms in total. The summed E-state index contributed by atoms with van der Waals surface area (Å²) in [6.07, 6.45) is 0.760. The third kappa shape index (κ3) is 4.55. The van der Waals surface area contributed by atoms with Gasteiger partial charge < -0.3 is 20.1 Å². The van der Waals surface area contributed by atoms with Crippen LogP contribution in [-0.2, 0) is 11.3 Å². The number of benzene rings is 2. The topological polar surface area (TPSA) is 120 Å². The lowest BCUT2D eigenvalue weighted by molar-refractivity contribution is -0.117. The van der Waals surface area contributed by atoms with Gasteiger partial charge in [0, 0.05) is 41.9 Å². The molecule has 0 spiro atoms. The summed E-state index contributed by atoms with van der Waals surface area (Å²) >= 11 is 0. The van der Waals surface area contributed by atoms with Gasteiger partial charge in [-0.1, -0.05) is 42.5 Å². The van der Waals surface area contributed by atoms with Crippen LogP contribution in [0.2, 0.25) is 0 Å². The van der Waals surface area contributed by atoms with Gasteiger partial charge in [0.25, 0.3) is 11.8 Å². The monoisotopic (exact) mass is 540 g/mol. The molecule has 0 bridgehead atoms. The third-order valence-electron chi connectivity index (χ3n) is 6.75. The van der Waals surface area contributed by atoms with Gasteiger partial charge in [-0.2, -0.15) is 5.10 Å². The van der Waals surface area contributed by atoms with E-state index in [0.717, 1.165) is 0 Å². The highest BCUT2D eigenvalue weighted by Gasteiger charge is 2.34. The summed E-state index contributed by atoms with van der Waals surface area (Å²) in [5, 5.41) is 9.98. The molecule has 2 aliphatic rings. The van der Waals surface area contributed by atoms with E-state index in [0.29, 0.717) is 46.9 Å². The first kappa shape index (κ1) is 25.2. The van der Waals surface area contributed by atoms with E-state index in [2.05, 4.69) is 25.7 Å². The van der Waals surface area contributed by atoms with Gasteiger partial charge >= 0.3 is 0 Å². The predicted molar refractivity (Wildman–Crippen MR) is 145 cm³/mol. The number of hydrogen-bond donors (Lipinski definition) is 2. The Morgan fingerprint density at radius 2 is 1.98 bits per heavy atom. The van der Waals surface area contributed by atoms with E-state index in [9.17, 15) is 14.0 Å². The molecule has 2 aromatic heterocycles. The number of benzodiazepines with no additional fused rings is 1. The SMILES string of the molecule is COc1cc(-c2nn3c(c2C(=O)NC2N=C(c4ccccc4)c4cccc(F)c4NC2=O)OC(C)CC3)ccn1. The van der Waals surface area contributed by atoms with E-state index in [4.69, 9.17) is 9.47 Å². The van der Waals surface area contributed by atoms with E-state index in [-0.39, 0.29) is 23.2 Å². The number of rotatable bonds is 5. The third-order valence-corrected chi connectivity index (χ3v) is 6.75. The maximum Gasteiger partial charge on any atom is 0.269 e. The summed E-state index contributed by atoms with van der Waals surface area (Å²) in [6, 6.07) is 16.9. The van der Waals surface area contributed by atoms with Crippen molar-refractivity contribution in [2.45, 2.75) is 32.2 Å². The Balaban J connectivity index is 1.43. The van der Waals surface area contributed by atoms with Crippen molar-refractivity contribution < 1.29 is 23.5 Å². The fourth-order valence-electron chi connectivity index (χ4n) is 4.76. The Morgan fingerprint density at radius 1 is 1.15 bits per heavy atom. The van der Waals surface area contributed by atoms with Gasteiger partial charge in [-0.25, -0.2) is 19.0 Å². The molecule has 0 radical (unpaired) electrons. The predicted octanol–water partition coefficient (Wildman–Crippen LogP) is 3.81. The van der Waals surface area contributed by atoms with Crippen molar-refractivity contribution in [3.05, 3.63) is 89.4 Å². The number of anilines is 1. The van der Waals surface area contributed by atoms with Gasteiger partial charge in [-0.05, 0) is 19.1 Å². The normalized spacial score (nSPS) is 17.9. The number of aryl methyl sites for hydroxylation is 1. The van der Waals surface area contributed by atoms with Gasteiger partial charge in [0.1, 0.15) is 17.1 Å². The number of halogens is 1. The van der Waals surface area contributed by atoms with E-state index < -0.39 is 23.8 Å². The van der Waals surface area contributed by atoms with Gasteiger partial charge in [0.05, 0.1) is 24.6 Å². The van der Waals surface area contributed by atoms with Crippen molar-refractivity contribution in [2.24, 2.45) is 4.99 Å². The second-order valence-corrected chi connectivity index (χ2v) is 9.43. The molecule has 4 aromatic rings. The zero-order valence-corrected chi connectivity index (χ0v) is 21.7. The number of nitrogens with one attached hydrogen (secondary N) is 2. The average Bonchev–Trinajstić information content (AvgIpc) is 3.28. The molecule has 0 saturated carbocycles. The second-order valence-electron chi connectivity index (χ2n) is 9.43. The summed E-state index contributed by atoms with van der Waals surface area (Å²) in [4.78, 5) is 36.0. The molecule has 2 atom stereocenters. The Bertz CT molecular complexity index is 1650. The lowest BCUT2D eigenvalue weighted by atomic mass is 10.0. The van der Waals surface area contributed by atoms with Crippen molar-refractivity contribution in [3.63, 3.8) is 0 Å². The molecule has 2 amide bonds. The first-order valence-electron chi connectivity index (χ1n) is 12.7. The minimum Gasteiger partial charge on any atom is -0.481 e. The van der Waals surface area contributed by atoms with Crippen LogP contribution >= 0.6 is 0 Å². The molecule has 6 rings (SSSR count). The molecular formula is C29H25FN6O4. The number of amides is 2. The van der Waals surface area contributed by atoms with Gasteiger partial charge in [0.15, 0.2) is 0 Å². The van der Waals surface area contributed by atoms with Gasteiger partial charge in [0.2, 0.25) is 17.9 Å². The lowest BCUT2D eigenvalue weighted by Gasteiger charge is -2.22. The number of carbonyl (C=O) groups is 2. The quantitative estimate of drug-likeness (QED) is 0.397. The van der Waals surface area contributed by atoms with Crippen molar-refractivity contribution >= 4 is 23.2 Å². The van der Waals surface area contributed by atoms with Crippen molar-refractivity contribution in [3.8, 4) is 23.0 Å². The molecule has 40 heavy (non-hydrogen) atoms. The minimum absolute atomic E-state index is 0.00325. The number of ether oxygens (including phenoxy) is 2. The molecule has 2 aromatic carbocycles. The molecule has 202 valence electrons. The summed E-state index contributed by atoms with van der Waals surface area (Å²) < 4.78 is 27.8. The largest absolute Gasteiger partial charge is 0.481 e. The number of para-hydroxylation sites is 1. The second kappa shape index (κ2) is 10.3. The van der Waals surface area contributed by atoms with Crippen LogP contribution in [0.4, 0.5) is 10.1 Å². The molecule has 2 aliphatic heterocycles. The Morgan fingerprint density at radius 3 is 2.77 bits per heavy atom. The summed E-state index contributed by atoms with van der Waals surface area (Å²) in [7, 11) is 1.50. The smallest absolute Gasteiger partial charge is 0.269 e. The summed E-state index contributed by atoms with van der Waals surface area (Å²) in [6.45, 7) is 2.46. The van der Waals surface area contributed by atoms with Crippen molar-refractivity contribution in [1.29, 1.82) is 0 Å². The van der Waals surface area contributed by atoms with Crippen LogP contribution in [0.25, 0.3) is 11.3 Å². The number of aliphatic imine (C=N–C) groups is 1. The fraction of sp³-hybridized carbons (Fsp3) is 0.207. The molecule has 0 saturated heterocycles. The van der Waals surface area contributed by atoms with Crippen LogP contribution in [0.3, 0.4) is 0 Å². The van der Waals surface area contributed by atoms with Crippen molar-refractivity contribution in [1.82, 2.24) is 20.1 Å². The number of methoxy groups -OCH3 is 1. The molecular weight excluding hydrogens is 515 g/mol. The maximum absolute atomic E-state index is 14.9. The fourth-order valence-corrected chi connectivity index (χ4v) is 4.76. The van der Waals surface area contributed by atoms with Crippen LogP contribution in [0.5, 0.6) is 11.8 Å². The van der Waals surface area contributed by atoms with E-state index in [1.54, 1.807) is 47.3 Å². The molecule has 4 heterocycles. The highest BCUT2D eigenvalue weighted by Crippen LogP contribution is 2.35. The minimum atomic E-state index is -1.37. The number of hydrogen-bond acceptors (Lipinski definition) is 7. The first-order chi connectivity index (χ1) is 19.4. The molecule has 2 N–H and O–H groups in total. The van der Waals surface area contributed by atoms with Crippen LogP contribution in [0.15, 0.2) is 71.9 Å². The lowest BCUT2D eigenvalue weighted by Crippen LogP contribution is -2.42. The highest BCUT2D eigenvalue weighted by molar-refractivity contribution is 6.20. The number of pyridine rings is 1. The van der Waals surface area contributed by atoms with Crippen LogP contribution in [0, 0.1) is 5.82 Å². The van der Waals surface area contributed by atoms with E-state index >= 15 is 0 Å². The van der Waals surface area contributed by atoms with Crippen LogP contribution in [-0.4, -0.2) is 51.7 Å². The Labute approximate surface area is 228 Å². The zero-order chi connectivity index (χ0) is 27.8. The first-order valence-corrected chi connectivity index (χ1v) is 12.7. The number of nitrogens with zero attached hydrogens (tertiary/aromatic N) is 4.